The third kappa shape index (κ3) is 3.28. The molecule has 1 unspecified atom stereocenters. The average molecular weight is 235 g/mol. The van der Waals surface area contributed by atoms with Gasteiger partial charge >= 0.3 is 5.97 Å². The maximum absolute atomic E-state index is 11.2. The largest absolute Gasteiger partial charge is 0.480 e. The van der Waals surface area contributed by atoms with E-state index in [1.54, 1.807) is 7.11 Å². The van der Waals surface area contributed by atoms with Gasteiger partial charge in [0.15, 0.2) is 0 Å². The molecule has 2 N–H and O–H groups in total. The van der Waals surface area contributed by atoms with E-state index in [2.05, 4.69) is 5.32 Å². The van der Waals surface area contributed by atoms with Gasteiger partial charge in [-0.3, -0.25) is 10.1 Å². The number of hydrogen-bond donors (Lipinski definition) is 2. The summed E-state index contributed by atoms with van der Waals surface area (Å²) in [6.07, 6.45) is 2.14. The lowest BCUT2D eigenvalue weighted by molar-refractivity contribution is -0.139. The molecule has 1 aromatic carbocycles. The molecule has 1 aliphatic carbocycles. The van der Waals surface area contributed by atoms with Crippen LogP contribution in [0.25, 0.3) is 0 Å². The molecule has 0 spiro atoms. The molecular formula is C13H17NO3. The van der Waals surface area contributed by atoms with E-state index >= 15 is 0 Å². The second-order valence-electron chi connectivity index (χ2n) is 4.39. The van der Waals surface area contributed by atoms with Crippen molar-refractivity contribution in [3.05, 3.63) is 35.4 Å². The van der Waals surface area contributed by atoms with Gasteiger partial charge in [0, 0.05) is 13.2 Å². The molecule has 4 nitrogen and oxygen atoms in total. The van der Waals surface area contributed by atoms with Crippen molar-refractivity contribution >= 4 is 5.97 Å². The minimum Gasteiger partial charge on any atom is -0.480 e. The number of aliphatic carboxylic acids is 1. The third-order valence-electron chi connectivity index (χ3n) is 2.82. The van der Waals surface area contributed by atoms with Crippen LogP contribution in [0.4, 0.5) is 0 Å². The second-order valence-corrected chi connectivity index (χ2v) is 4.39. The maximum Gasteiger partial charge on any atom is 0.325 e. The van der Waals surface area contributed by atoms with Crippen molar-refractivity contribution in [2.75, 3.05) is 7.11 Å². The van der Waals surface area contributed by atoms with Gasteiger partial charge in [-0.1, -0.05) is 24.3 Å². The number of rotatable bonds is 6. The van der Waals surface area contributed by atoms with Crippen molar-refractivity contribution in [3.63, 3.8) is 0 Å². The zero-order valence-corrected chi connectivity index (χ0v) is 9.85. The van der Waals surface area contributed by atoms with Gasteiger partial charge in [-0.15, -0.1) is 0 Å². The van der Waals surface area contributed by atoms with Crippen LogP contribution in [-0.4, -0.2) is 24.2 Å². The summed E-state index contributed by atoms with van der Waals surface area (Å²) in [7, 11) is 1.63. The number of hydrogen-bond acceptors (Lipinski definition) is 3. The molecule has 1 aliphatic rings. The highest BCUT2D eigenvalue weighted by molar-refractivity contribution is 5.75. The summed E-state index contributed by atoms with van der Waals surface area (Å²) in [5.41, 5.74) is 1.78. The van der Waals surface area contributed by atoms with Crippen molar-refractivity contribution in [3.8, 4) is 0 Å². The van der Waals surface area contributed by atoms with E-state index in [1.807, 2.05) is 24.3 Å². The fraction of sp³-hybridized carbons (Fsp3) is 0.462. The standard InChI is InChI=1S/C13H17NO3/c1-17-8-9-3-2-4-10(7-9)12(13(15)16)14-11-5-6-11/h2-4,7,11-12,14H,5-6,8H2,1H3,(H,15,16). The first-order valence-corrected chi connectivity index (χ1v) is 5.77. The number of benzene rings is 1. The van der Waals surface area contributed by atoms with Gasteiger partial charge in [-0.25, -0.2) is 0 Å². The molecule has 2 rings (SSSR count). The topological polar surface area (TPSA) is 58.6 Å². The lowest BCUT2D eigenvalue weighted by atomic mass is 10.0. The average Bonchev–Trinajstić information content (AvgIpc) is 3.10. The SMILES string of the molecule is COCc1cccc(C(NC2CC2)C(=O)O)c1. The van der Waals surface area contributed by atoms with Crippen LogP contribution in [-0.2, 0) is 16.1 Å². The second kappa shape index (κ2) is 5.29. The molecule has 0 radical (unpaired) electrons. The van der Waals surface area contributed by atoms with Gasteiger partial charge in [-0.2, -0.15) is 0 Å². The summed E-state index contributed by atoms with van der Waals surface area (Å²) in [5.74, 6) is -0.827. The smallest absolute Gasteiger partial charge is 0.325 e. The normalized spacial score (nSPS) is 16.8. The highest BCUT2D eigenvalue weighted by atomic mass is 16.5. The molecule has 17 heavy (non-hydrogen) atoms. The van der Waals surface area contributed by atoms with E-state index in [-0.39, 0.29) is 0 Å². The molecule has 1 aromatic rings. The number of carboxylic acid groups (broad SMARTS) is 1. The van der Waals surface area contributed by atoms with E-state index in [9.17, 15) is 9.90 Å². The van der Waals surface area contributed by atoms with Gasteiger partial charge in [0.2, 0.25) is 0 Å². The van der Waals surface area contributed by atoms with Crippen molar-refractivity contribution in [1.82, 2.24) is 5.32 Å². The molecule has 92 valence electrons. The van der Waals surface area contributed by atoms with Gasteiger partial charge in [0.1, 0.15) is 6.04 Å². The Kier molecular flexibility index (Phi) is 3.76. The van der Waals surface area contributed by atoms with Gasteiger partial charge in [-0.05, 0) is 24.0 Å². The van der Waals surface area contributed by atoms with Crippen LogP contribution in [0.2, 0.25) is 0 Å². The lowest BCUT2D eigenvalue weighted by Gasteiger charge is -2.15. The number of carbonyl (C=O) groups is 1. The van der Waals surface area contributed by atoms with E-state index in [0.717, 1.165) is 24.0 Å². The third-order valence-corrected chi connectivity index (χ3v) is 2.82. The first-order valence-electron chi connectivity index (χ1n) is 5.77. The Hall–Kier alpha value is -1.39. The van der Waals surface area contributed by atoms with Crippen molar-refractivity contribution in [1.29, 1.82) is 0 Å². The van der Waals surface area contributed by atoms with Crippen molar-refractivity contribution in [2.24, 2.45) is 0 Å². The minimum absolute atomic E-state index is 0.363. The Labute approximate surface area is 101 Å². The van der Waals surface area contributed by atoms with Crippen LogP contribution in [0.15, 0.2) is 24.3 Å². The summed E-state index contributed by atoms with van der Waals surface area (Å²) in [6.45, 7) is 0.504. The van der Waals surface area contributed by atoms with Crippen molar-refractivity contribution in [2.45, 2.75) is 31.5 Å². The number of nitrogens with one attached hydrogen (secondary N) is 1. The van der Waals surface area contributed by atoms with E-state index in [0.29, 0.717) is 12.6 Å². The zero-order chi connectivity index (χ0) is 12.3. The fourth-order valence-electron chi connectivity index (χ4n) is 1.82. The Morgan fingerprint density at radius 2 is 2.35 bits per heavy atom. The highest BCUT2D eigenvalue weighted by Crippen LogP contribution is 2.25. The molecule has 1 atom stereocenters. The van der Waals surface area contributed by atoms with Gasteiger partial charge in [0.25, 0.3) is 0 Å². The predicted molar refractivity (Wildman–Crippen MR) is 63.7 cm³/mol. The van der Waals surface area contributed by atoms with Crippen LogP contribution in [0.3, 0.4) is 0 Å². The highest BCUT2D eigenvalue weighted by Gasteiger charge is 2.29. The van der Waals surface area contributed by atoms with Gasteiger partial charge < -0.3 is 9.84 Å². The maximum atomic E-state index is 11.2. The molecule has 1 fully saturated rings. The molecule has 0 bridgehead atoms. The Balaban J connectivity index is 2.15. The molecular weight excluding hydrogens is 218 g/mol. The zero-order valence-electron chi connectivity index (χ0n) is 9.85. The van der Waals surface area contributed by atoms with E-state index in [1.165, 1.54) is 0 Å². The lowest BCUT2D eigenvalue weighted by Crippen LogP contribution is -2.30. The molecule has 0 aliphatic heterocycles. The van der Waals surface area contributed by atoms with Crippen LogP contribution < -0.4 is 5.32 Å². The van der Waals surface area contributed by atoms with Crippen LogP contribution in [0.5, 0.6) is 0 Å². The summed E-state index contributed by atoms with van der Waals surface area (Å²) < 4.78 is 5.05. The van der Waals surface area contributed by atoms with E-state index < -0.39 is 12.0 Å². The van der Waals surface area contributed by atoms with Crippen LogP contribution in [0, 0.1) is 0 Å². The van der Waals surface area contributed by atoms with Crippen LogP contribution >= 0.6 is 0 Å². The van der Waals surface area contributed by atoms with Crippen LogP contribution in [0.1, 0.15) is 30.0 Å². The van der Waals surface area contributed by atoms with Crippen molar-refractivity contribution < 1.29 is 14.6 Å². The molecule has 1 saturated carbocycles. The first-order chi connectivity index (χ1) is 8.20. The Bertz CT molecular complexity index is 401. The molecule has 0 saturated heterocycles. The monoisotopic (exact) mass is 235 g/mol. The fourth-order valence-corrected chi connectivity index (χ4v) is 1.82. The summed E-state index contributed by atoms with van der Waals surface area (Å²) in [5, 5.41) is 12.4. The molecule has 0 amide bonds. The molecule has 0 heterocycles. The quantitative estimate of drug-likeness (QED) is 0.788. The number of ether oxygens (including phenoxy) is 1. The number of methoxy groups -OCH3 is 1. The number of carboxylic acids is 1. The van der Waals surface area contributed by atoms with E-state index in [4.69, 9.17) is 4.74 Å². The summed E-state index contributed by atoms with van der Waals surface area (Å²) in [4.78, 5) is 11.2. The Morgan fingerprint density at radius 1 is 1.59 bits per heavy atom. The Morgan fingerprint density at radius 3 is 2.94 bits per heavy atom. The van der Waals surface area contributed by atoms with Gasteiger partial charge in [0.05, 0.1) is 6.61 Å². The summed E-state index contributed by atoms with van der Waals surface area (Å²) in [6, 6.07) is 7.28. The minimum atomic E-state index is -0.827. The molecule has 4 heteroatoms. The molecule has 0 aromatic heterocycles. The first kappa shape index (κ1) is 12.1. The predicted octanol–water partition coefficient (Wildman–Crippen LogP) is 1.71. The summed E-state index contributed by atoms with van der Waals surface area (Å²) >= 11 is 0.